The molecule has 0 saturated carbocycles. The Morgan fingerprint density at radius 1 is 1.12 bits per heavy atom. The van der Waals surface area contributed by atoms with Gasteiger partial charge in [0, 0.05) is 31.3 Å². The van der Waals surface area contributed by atoms with Gasteiger partial charge in [-0.1, -0.05) is 12.1 Å². The minimum atomic E-state index is -0.340. The van der Waals surface area contributed by atoms with Crippen molar-refractivity contribution in [3.63, 3.8) is 0 Å². The summed E-state index contributed by atoms with van der Waals surface area (Å²) in [7, 11) is 1.63. The lowest BCUT2D eigenvalue weighted by Gasteiger charge is -2.21. The minimum absolute atomic E-state index is 0. The predicted octanol–water partition coefficient (Wildman–Crippen LogP) is 3.31. The predicted molar refractivity (Wildman–Crippen MR) is 106 cm³/mol. The number of guanidine groups is 1. The van der Waals surface area contributed by atoms with Gasteiger partial charge in [-0.15, -0.1) is 24.0 Å². The van der Waals surface area contributed by atoms with Crippen LogP contribution in [0, 0.1) is 11.6 Å². The van der Waals surface area contributed by atoms with Crippen molar-refractivity contribution in [1.82, 2.24) is 10.6 Å². The Labute approximate surface area is 167 Å². The van der Waals surface area contributed by atoms with Crippen LogP contribution in [0.5, 0.6) is 5.75 Å². The molecule has 0 amide bonds. The molecular formula is C18H20F2IN3O2. The molecule has 3 rings (SSSR count). The lowest BCUT2D eigenvalue weighted by Crippen LogP contribution is -2.36. The molecule has 5 nitrogen and oxygen atoms in total. The highest BCUT2D eigenvalue weighted by atomic mass is 127. The molecule has 1 heterocycles. The Balaban J connectivity index is 0.00000243. The van der Waals surface area contributed by atoms with Crippen LogP contribution >= 0.6 is 24.0 Å². The van der Waals surface area contributed by atoms with Crippen molar-refractivity contribution in [3.8, 4) is 5.75 Å². The van der Waals surface area contributed by atoms with Crippen molar-refractivity contribution >= 4 is 29.9 Å². The quantitative estimate of drug-likeness (QED) is 0.405. The van der Waals surface area contributed by atoms with E-state index in [4.69, 9.17) is 9.47 Å². The van der Waals surface area contributed by atoms with E-state index >= 15 is 0 Å². The summed E-state index contributed by atoms with van der Waals surface area (Å²) in [4.78, 5) is 4.12. The largest absolute Gasteiger partial charge is 0.467 e. The summed E-state index contributed by atoms with van der Waals surface area (Å²) < 4.78 is 37.6. The molecule has 1 aliphatic rings. The van der Waals surface area contributed by atoms with Crippen LogP contribution in [0.3, 0.4) is 0 Å². The number of hydrogen-bond donors (Lipinski definition) is 2. The van der Waals surface area contributed by atoms with Gasteiger partial charge in [-0.25, -0.2) is 8.78 Å². The van der Waals surface area contributed by atoms with Crippen LogP contribution in [0.1, 0.15) is 16.7 Å². The van der Waals surface area contributed by atoms with Crippen LogP contribution in [0.25, 0.3) is 0 Å². The highest BCUT2D eigenvalue weighted by Crippen LogP contribution is 2.29. The summed E-state index contributed by atoms with van der Waals surface area (Å²) in [5.74, 6) is 0.537. The van der Waals surface area contributed by atoms with Crippen molar-refractivity contribution in [2.24, 2.45) is 4.99 Å². The van der Waals surface area contributed by atoms with Crippen molar-refractivity contribution in [2.45, 2.75) is 19.7 Å². The van der Waals surface area contributed by atoms with Crippen molar-refractivity contribution < 1.29 is 18.3 Å². The number of nitrogens with zero attached hydrogens (tertiary/aromatic N) is 1. The fourth-order valence-corrected chi connectivity index (χ4v) is 2.62. The third-order valence-corrected chi connectivity index (χ3v) is 3.77. The van der Waals surface area contributed by atoms with Crippen LogP contribution < -0.4 is 15.4 Å². The van der Waals surface area contributed by atoms with Crippen molar-refractivity contribution in [3.05, 3.63) is 64.7 Å². The van der Waals surface area contributed by atoms with E-state index in [1.807, 2.05) is 6.07 Å². The molecule has 0 atom stereocenters. The molecule has 1 aliphatic heterocycles. The zero-order chi connectivity index (χ0) is 17.6. The number of rotatable bonds is 4. The molecule has 0 fully saturated rings. The molecule has 0 unspecified atom stereocenters. The molecule has 0 aliphatic carbocycles. The number of aliphatic imine (C=N–C) groups is 1. The molecule has 0 saturated heterocycles. The minimum Gasteiger partial charge on any atom is -0.467 e. The van der Waals surface area contributed by atoms with Gasteiger partial charge in [-0.2, -0.15) is 0 Å². The van der Waals surface area contributed by atoms with Gasteiger partial charge in [0.1, 0.15) is 17.4 Å². The lowest BCUT2D eigenvalue weighted by molar-refractivity contribution is -0.0172. The monoisotopic (exact) mass is 475 g/mol. The first kappa shape index (κ1) is 20.4. The Morgan fingerprint density at radius 2 is 1.92 bits per heavy atom. The topological polar surface area (TPSA) is 54.9 Å². The molecule has 0 bridgehead atoms. The number of hydrogen-bond acceptors (Lipinski definition) is 3. The van der Waals surface area contributed by atoms with Gasteiger partial charge in [0.05, 0.1) is 6.61 Å². The second-order valence-corrected chi connectivity index (χ2v) is 5.57. The standard InChI is InChI=1S/C18H19F2N3O2.HI/c1-21-18(22-8-12-3-2-4-15(19)5-12)23-9-13-6-16(20)7-14-10-24-11-25-17(13)14;/h2-7H,8-11H2,1H3,(H2,21,22,23);1H. The molecule has 140 valence electrons. The average molecular weight is 475 g/mol. The zero-order valence-corrected chi connectivity index (χ0v) is 16.6. The summed E-state index contributed by atoms with van der Waals surface area (Å²) >= 11 is 0. The van der Waals surface area contributed by atoms with Crippen LogP contribution in [-0.4, -0.2) is 19.8 Å². The molecule has 26 heavy (non-hydrogen) atoms. The number of benzene rings is 2. The number of ether oxygens (including phenoxy) is 2. The van der Waals surface area contributed by atoms with Gasteiger partial charge in [0.25, 0.3) is 0 Å². The average Bonchev–Trinajstić information content (AvgIpc) is 2.61. The number of fused-ring (bicyclic) bond motifs is 1. The van der Waals surface area contributed by atoms with E-state index in [0.29, 0.717) is 42.5 Å². The van der Waals surface area contributed by atoms with E-state index in [1.165, 1.54) is 24.3 Å². The van der Waals surface area contributed by atoms with Gasteiger partial charge in [0.15, 0.2) is 12.8 Å². The molecule has 0 radical (unpaired) electrons. The molecule has 2 aromatic rings. The Kier molecular flexibility index (Phi) is 7.58. The number of nitrogens with one attached hydrogen (secondary N) is 2. The van der Waals surface area contributed by atoms with E-state index in [2.05, 4.69) is 15.6 Å². The first-order valence-electron chi connectivity index (χ1n) is 7.86. The molecule has 0 spiro atoms. The summed E-state index contributed by atoms with van der Waals surface area (Å²) in [6, 6.07) is 9.16. The fraction of sp³-hybridized carbons (Fsp3) is 0.278. The molecule has 0 aromatic heterocycles. The fourth-order valence-electron chi connectivity index (χ4n) is 2.62. The second-order valence-electron chi connectivity index (χ2n) is 5.57. The van der Waals surface area contributed by atoms with E-state index in [-0.39, 0.29) is 42.4 Å². The Hall–Kier alpha value is -1.94. The van der Waals surface area contributed by atoms with Crippen LogP contribution in [-0.2, 0) is 24.4 Å². The van der Waals surface area contributed by atoms with E-state index < -0.39 is 0 Å². The molecule has 2 aromatic carbocycles. The maximum atomic E-state index is 13.7. The molecule has 8 heteroatoms. The Morgan fingerprint density at radius 3 is 2.69 bits per heavy atom. The lowest BCUT2D eigenvalue weighted by atomic mass is 10.1. The summed E-state index contributed by atoms with van der Waals surface area (Å²) in [6.45, 7) is 1.23. The first-order chi connectivity index (χ1) is 12.2. The second kappa shape index (κ2) is 9.67. The van der Waals surface area contributed by atoms with Crippen LogP contribution in [0.15, 0.2) is 41.4 Å². The summed E-state index contributed by atoms with van der Waals surface area (Å²) in [6.07, 6.45) is 0. The normalized spacial score (nSPS) is 13.3. The van der Waals surface area contributed by atoms with E-state index in [0.717, 1.165) is 5.56 Å². The van der Waals surface area contributed by atoms with Gasteiger partial charge >= 0.3 is 0 Å². The van der Waals surface area contributed by atoms with Crippen molar-refractivity contribution in [2.75, 3.05) is 13.8 Å². The van der Waals surface area contributed by atoms with Crippen molar-refractivity contribution in [1.29, 1.82) is 0 Å². The van der Waals surface area contributed by atoms with Crippen LogP contribution in [0.4, 0.5) is 8.78 Å². The maximum absolute atomic E-state index is 13.7. The molecule has 2 N–H and O–H groups in total. The SMILES string of the molecule is CN=C(NCc1cccc(F)c1)NCc1cc(F)cc2c1OCOC2.I. The van der Waals surface area contributed by atoms with Gasteiger partial charge in [-0.3, -0.25) is 4.99 Å². The zero-order valence-electron chi connectivity index (χ0n) is 14.2. The first-order valence-corrected chi connectivity index (χ1v) is 7.86. The highest BCUT2D eigenvalue weighted by Gasteiger charge is 2.17. The Bertz CT molecular complexity index is 787. The maximum Gasteiger partial charge on any atom is 0.191 e. The van der Waals surface area contributed by atoms with Crippen LogP contribution in [0.2, 0.25) is 0 Å². The smallest absolute Gasteiger partial charge is 0.191 e. The van der Waals surface area contributed by atoms with E-state index in [1.54, 1.807) is 13.1 Å². The highest BCUT2D eigenvalue weighted by molar-refractivity contribution is 14.0. The van der Waals surface area contributed by atoms with Gasteiger partial charge < -0.3 is 20.1 Å². The summed E-state index contributed by atoms with van der Waals surface area (Å²) in [5.41, 5.74) is 2.17. The third kappa shape index (κ3) is 5.28. The number of halogens is 3. The van der Waals surface area contributed by atoms with Gasteiger partial charge in [-0.05, 0) is 29.8 Å². The van der Waals surface area contributed by atoms with Gasteiger partial charge in [0.2, 0.25) is 0 Å². The third-order valence-electron chi connectivity index (χ3n) is 3.77. The van der Waals surface area contributed by atoms with E-state index in [9.17, 15) is 8.78 Å². The summed E-state index contributed by atoms with van der Waals surface area (Å²) in [5, 5.41) is 6.20. The molecular weight excluding hydrogens is 455 g/mol.